The van der Waals surface area contributed by atoms with Crippen molar-refractivity contribution in [2.45, 2.75) is 20.4 Å². The SMILES string of the molecule is CCOC(=O)c1c(NC(=O)Cn2c(=O)oc3ccccc32)sc(C(=O)Nc2ccccc2OC)c1C. The summed E-state index contributed by atoms with van der Waals surface area (Å²) in [4.78, 5) is 51.2. The van der Waals surface area contributed by atoms with Gasteiger partial charge in [-0.3, -0.25) is 14.2 Å². The van der Waals surface area contributed by atoms with Gasteiger partial charge in [-0.05, 0) is 43.7 Å². The molecular formula is C25H23N3O7S. The highest BCUT2D eigenvalue weighted by molar-refractivity contribution is 7.19. The zero-order chi connectivity index (χ0) is 25.8. The molecule has 11 heteroatoms. The highest BCUT2D eigenvalue weighted by Crippen LogP contribution is 2.35. The lowest BCUT2D eigenvalue weighted by Gasteiger charge is -2.09. The molecular weight excluding hydrogens is 486 g/mol. The van der Waals surface area contributed by atoms with Crippen LogP contribution in [0, 0.1) is 6.92 Å². The van der Waals surface area contributed by atoms with E-state index in [0.29, 0.717) is 28.1 Å². The molecule has 0 saturated carbocycles. The van der Waals surface area contributed by atoms with Crippen molar-refractivity contribution in [2.24, 2.45) is 0 Å². The molecule has 0 unspecified atom stereocenters. The number of amides is 2. The first kappa shape index (κ1) is 24.7. The molecule has 0 aliphatic rings. The van der Waals surface area contributed by atoms with Crippen LogP contribution in [-0.2, 0) is 16.1 Å². The molecule has 0 saturated heterocycles. The Morgan fingerprint density at radius 1 is 1.06 bits per heavy atom. The molecule has 4 aromatic rings. The summed E-state index contributed by atoms with van der Waals surface area (Å²) in [5.74, 6) is -1.95. The number of benzene rings is 2. The average Bonchev–Trinajstić information content (AvgIpc) is 3.35. The summed E-state index contributed by atoms with van der Waals surface area (Å²) in [5.41, 5.74) is 1.69. The van der Waals surface area contributed by atoms with Crippen LogP contribution >= 0.6 is 11.3 Å². The molecule has 10 nitrogen and oxygen atoms in total. The molecule has 2 aromatic carbocycles. The molecule has 0 spiro atoms. The topological polar surface area (TPSA) is 129 Å². The molecule has 0 bridgehead atoms. The maximum absolute atomic E-state index is 13.1. The number of esters is 1. The van der Waals surface area contributed by atoms with E-state index in [-0.39, 0.29) is 28.6 Å². The van der Waals surface area contributed by atoms with Gasteiger partial charge in [-0.2, -0.15) is 0 Å². The van der Waals surface area contributed by atoms with E-state index in [0.717, 1.165) is 11.3 Å². The highest BCUT2D eigenvalue weighted by Gasteiger charge is 2.27. The Morgan fingerprint density at radius 3 is 2.53 bits per heavy atom. The van der Waals surface area contributed by atoms with Gasteiger partial charge in [0.2, 0.25) is 5.91 Å². The number of carbonyl (C=O) groups is 3. The van der Waals surface area contributed by atoms with Crippen molar-refractivity contribution >= 4 is 50.9 Å². The largest absolute Gasteiger partial charge is 0.495 e. The summed E-state index contributed by atoms with van der Waals surface area (Å²) in [6, 6.07) is 13.6. The smallest absolute Gasteiger partial charge is 0.420 e. The van der Waals surface area contributed by atoms with Gasteiger partial charge in [-0.25, -0.2) is 9.59 Å². The number of hydrogen-bond donors (Lipinski definition) is 2. The third-order valence-electron chi connectivity index (χ3n) is 5.32. The third kappa shape index (κ3) is 4.86. The van der Waals surface area contributed by atoms with Crippen molar-refractivity contribution in [3.05, 3.63) is 75.1 Å². The summed E-state index contributed by atoms with van der Waals surface area (Å²) < 4.78 is 16.8. The number of rotatable bonds is 8. The van der Waals surface area contributed by atoms with Gasteiger partial charge in [0.15, 0.2) is 5.58 Å². The Balaban J connectivity index is 1.64. The third-order valence-corrected chi connectivity index (χ3v) is 6.52. The van der Waals surface area contributed by atoms with E-state index < -0.39 is 23.5 Å². The van der Waals surface area contributed by atoms with Gasteiger partial charge in [-0.1, -0.05) is 24.3 Å². The predicted octanol–water partition coefficient (Wildman–Crippen LogP) is 4.04. The lowest BCUT2D eigenvalue weighted by Crippen LogP contribution is -2.25. The molecule has 2 aromatic heterocycles. The van der Waals surface area contributed by atoms with Gasteiger partial charge in [0.05, 0.1) is 35.4 Å². The Bertz CT molecular complexity index is 1520. The number of nitrogens with one attached hydrogen (secondary N) is 2. The van der Waals surface area contributed by atoms with Crippen LogP contribution in [0.3, 0.4) is 0 Å². The fourth-order valence-electron chi connectivity index (χ4n) is 3.67. The van der Waals surface area contributed by atoms with E-state index in [2.05, 4.69) is 10.6 Å². The number of aromatic nitrogens is 1. The normalized spacial score (nSPS) is 10.8. The fourth-order valence-corrected chi connectivity index (χ4v) is 4.77. The number of thiophene rings is 1. The van der Waals surface area contributed by atoms with Crippen molar-refractivity contribution in [3.63, 3.8) is 0 Å². The van der Waals surface area contributed by atoms with Crippen LogP contribution in [0.1, 0.15) is 32.5 Å². The zero-order valence-corrected chi connectivity index (χ0v) is 20.6. The van der Waals surface area contributed by atoms with Crippen LogP contribution in [0.25, 0.3) is 11.1 Å². The molecule has 2 amide bonds. The highest BCUT2D eigenvalue weighted by atomic mass is 32.1. The van der Waals surface area contributed by atoms with Gasteiger partial charge in [0.25, 0.3) is 5.91 Å². The van der Waals surface area contributed by atoms with Crippen molar-refractivity contribution in [2.75, 3.05) is 24.4 Å². The molecule has 0 aliphatic carbocycles. The van der Waals surface area contributed by atoms with E-state index >= 15 is 0 Å². The quantitative estimate of drug-likeness (QED) is 0.343. The van der Waals surface area contributed by atoms with Crippen molar-refractivity contribution in [3.8, 4) is 5.75 Å². The lowest BCUT2D eigenvalue weighted by atomic mass is 10.1. The predicted molar refractivity (Wildman–Crippen MR) is 135 cm³/mol. The van der Waals surface area contributed by atoms with Crippen LogP contribution in [0.5, 0.6) is 5.75 Å². The van der Waals surface area contributed by atoms with Crippen molar-refractivity contribution in [1.29, 1.82) is 0 Å². The lowest BCUT2D eigenvalue weighted by molar-refractivity contribution is -0.116. The number of ether oxygens (including phenoxy) is 2. The van der Waals surface area contributed by atoms with E-state index in [9.17, 15) is 19.2 Å². The first-order chi connectivity index (χ1) is 17.3. The van der Waals surface area contributed by atoms with E-state index in [1.54, 1.807) is 62.4 Å². The van der Waals surface area contributed by atoms with Crippen LogP contribution in [0.15, 0.2) is 57.7 Å². The van der Waals surface area contributed by atoms with Crippen LogP contribution in [-0.4, -0.2) is 36.1 Å². The second-order valence-corrected chi connectivity index (χ2v) is 8.63. The molecule has 2 N–H and O–H groups in total. The van der Waals surface area contributed by atoms with Crippen molar-refractivity contribution in [1.82, 2.24) is 4.57 Å². The molecule has 186 valence electrons. The first-order valence-corrected chi connectivity index (χ1v) is 11.8. The minimum absolute atomic E-state index is 0.0739. The molecule has 4 rings (SSSR count). The first-order valence-electron chi connectivity index (χ1n) is 11.0. The second-order valence-electron chi connectivity index (χ2n) is 7.61. The van der Waals surface area contributed by atoms with E-state index in [4.69, 9.17) is 13.9 Å². The number of carbonyl (C=O) groups excluding carboxylic acids is 3. The van der Waals surface area contributed by atoms with E-state index in [1.807, 2.05) is 0 Å². The van der Waals surface area contributed by atoms with Gasteiger partial charge >= 0.3 is 11.7 Å². The van der Waals surface area contributed by atoms with Gasteiger partial charge < -0.3 is 24.5 Å². The minimum atomic E-state index is -0.684. The van der Waals surface area contributed by atoms with Gasteiger partial charge in [0, 0.05) is 0 Å². The van der Waals surface area contributed by atoms with Crippen molar-refractivity contribution < 1.29 is 28.3 Å². The van der Waals surface area contributed by atoms with Gasteiger partial charge in [0.1, 0.15) is 17.3 Å². The fraction of sp³-hybridized carbons (Fsp3) is 0.200. The molecule has 2 heterocycles. The second kappa shape index (κ2) is 10.5. The number of nitrogens with zero attached hydrogens (tertiary/aromatic N) is 1. The monoisotopic (exact) mass is 509 g/mol. The maximum atomic E-state index is 13.1. The summed E-state index contributed by atoms with van der Waals surface area (Å²) in [6.45, 7) is 3.02. The summed E-state index contributed by atoms with van der Waals surface area (Å²) >= 11 is 0.933. The minimum Gasteiger partial charge on any atom is -0.495 e. The van der Waals surface area contributed by atoms with Crippen LogP contribution in [0.4, 0.5) is 10.7 Å². The number of oxazole rings is 1. The Hall–Kier alpha value is -4.38. The van der Waals surface area contributed by atoms with Crippen LogP contribution < -0.4 is 21.1 Å². The number of methoxy groups -OCH3 is 1. The standard InChI is InChI=1S/C25H23N3O7S/c1-4-34-24(31)20-14(2)21(22(30)26-15-9-5-7-11-17(15)33-3)36-23(20)27-19(29)13-28-16-10-6-8-12-18(16)35-25(28)32/h5-12H,4,13H2,1-3H3,(H,26,30)(H,27,29). The molecule has 0 atom stereocenters. The molecule has 0 fully saturated rings. The summed E-state index contributed by atoms with van der Waals surface area (Å²) in [6.07, 6.45) is 0. The Morgan fingerprint density at radius 2 is 1.78 bits per heavy atom. The van der Waals surface area contributed by atoms with Crippen LogP contribution in [0.2, 0.25) is 0 Å². The number of fused-ring (bicyclic) bond motifs is 1. The molecule has 0 aliphatic heterocycles. The Labute approximate surface area is 209 Å². The number of anilines is 2. The number of hydrogen-bond acceptors (Lipinski definition) is 8. The summed E-state index contributed by atoms with van der Waals surface area (Å²) in [7, 11) is 1.49. The molecule has 0 radical (unpaired) electrons. The average molecular weight is 510 g/mol. The molecule has 36 heavy (non-hydrogen) atoms. The Kier molecular flexibility index (Phi) is 7.20. The summed E-state index contributed by atoms with van der Waals surface area (Å²) in [5, 5.41) is 5.57. The van der Waals surface area contributed by atoms with E-state index in [1.165, 1.54) is 11.7 Å². The number of para-hydroxylation sites is 4. The maximum Gasteiger partial charge on any atom is 0.420 e. The van der Waals surface area contributed by atoms with Gasteiger partial charge in [-0.15, -0.1) is 11.3 Å². The zero-order valence-electron chi connectivity index (χ0n) is 19.7.